The first-order chi connectivity index (χ1) is 13.3. The average molecular weight is 465 g/mol. The summed E-state index contributed by atoms with van der Waals surface area (Å²) in [5, 5.41) is 3.78. The van der Waals surface area contributed by atoms with Gasteiger partial charge in [0.25, 0.3) is 0 Å². The summed E-state index contributed by atoms with van der Waals surface area (Å²) in [4.78, 5) is 0. The lowest BCUT2D eigenvalue weighted by Crippen LogP contribution is -2.22. The Labute approximate surface area is 184 Å². The van der Waals surface area contributed by atoms with Crippen molar-refractivity contribution in [2.24, 2.45) is 5.92 Å². The molecular formula is C24H31BrClNO. The van der Waals surface area contributed by atoms with E-state index in [4.69, 9.17) is 4.74 Å². The molecule has 0 spiro atoms. The molecular weight excluding hydrogens is 434 g/mol. The van der Waals surface area contributed by atoms with Crippen LogP contribution in [0.15, 0.2) is 53.0 Å². The number of halogens is 2. The van der Waals surface area contributed by atoms with E-state index in [0.717, 1.165) is 16.1 Å². The number of hydrogen-bond donors (Lipinski definition) is 1. The van der Waals surface area contributed by atoms with Gasteiger partial charge in [0.05, 0.1) is 0 Å². The SMILES string of the molecule is Brc1cccc(COc2ccc([C@@H]3C[C@H]3NCCC3CCCCC3)cc2)c1.Cl. The fourth-order valence-electron chi connectivity index (χ4n) is 4.34. The van der Waals surface area contributed by atoms with Crippen LogP contribution in [-0.2, 0) is 6.61 Å². The molecule has 2 aromatic rings. The van der Waals surface area contributed by atoms with Crippen molar-refractivity contribution in [1.29, 1.82) is 0 Å². The molecule has 1 N–H and O–H groups in total. The molecule has 2 aromatic carbocycles. The molecule has 4 rings (SSSR count). The summed E-state index contributed by atoms with van der Waals surface area (Å²) < 4.78 is 7.02. The summed E-state index contributed by atoms with van der Waals surface area (Å²) in [5.41, 5.74) is 2.62. The van der Waals surface area contributed by atoms with Gasteiger partial charge in [-0.15, -0.1) is 12.4 Å². The first-order valence-electron chi connectivity index (χ1n) is 10.5. The summed E-state index contributed by atoms with van der Waals surface area (Å²) in [6.45, 7) is 1.80. The van der Waals surface area contributed by atoms with Gasteiger partial charge < -0.3 is 10.1 Å². The second-order valence-corrected chi connectivity index (χ2v) is 9.10. The van der Waals surface area contributed by atoms with Crippen LogP contribution in [0.2, 0.25) is 0 Å². The van der Waals surface area contributed by atoms with Crippen molar-refractivity contribution >= 4 is 28.3 Å². The molecule has 0 unspecified atom stereocenters. The second kappa shape index (κ2) is 10.7. The Morgan fingerprint density at radius 2 is 1.79 bits per heavy atom. The molecule has 2 saturated carbocycles. The van der Waals surface area contributed by atoms with Gasteiger partial charge >= 0.3 is 0 Å². The largest absolute Gasteiger partial charge is 0.489 e. The first kappa shape index (κ1) is 21.7. The third-order valence-electron chi connectivity index (χ3n) is 6.08. The molecule has 0 saturated heterocycles. The van der Waals surface area contributed by atoms with Gasteiger partial charge in [-0.2, -0.15) is 0 Å². The molecule has 2 fully saturated rings. The molecule has 152 valence electrons. The van der Waals surface area contributed by atoms with E-state index in [-0.39, 0.29) is 12.4 Å². The molecule has 0 aliphatic heterocycles. The second-order valence-electron chi connectivity index (χ2n) is 8.18. The Morgan fingerprint density at radius 3 is 2.54 bits per heavy atom. The molecule has 4 heteroatoms. The number of nitrogens with one attached hydrogen (secondary N) is 1. The zero-order chi connectivity index (χ0) is 18.5. The van der Waals surface area contributed by atoms with Crippen molar-refractivity contribution in [2.75, 3.05) is 6.54 Å². The minimum absolute atomic E-state index is 0. The Balaban J connectivity index is 0.00000225. The lowest BCUT2D eigenvalue weighted by molar-refractivity contribution is 0.306. The fourth-order valence-corrected chi connectivity index (χ4v) is 4.79. The smallest absolute Gasteiger partial charge is 0.119 e. The van der Waals surface area contributed by atoms with E-state index in [0.29, 0.717) is 18.6 Å². The zero-order valence-corrected chi connectivity index (χ0v) is 18.8. The highest BCUT2D eigenvalue weighted by atomic mass is 79.9. The molecule has 0 radical (unpaired) electrons. The molecule has 2 aliphatic carbocycles. The van der Waals surface area contributed by atoms with Gasteiger partial charge in [0.2, 0.25) is 0 Å². The van der Waals surface area contributed by atoms with E-state index < -0.39 is 0 Å². The number of rotatable bonds is 8. The molecule has 0 heterocycles. The Kier molecular flexibility index (Phi) is 8.25. The van der Waals surface area contributed by atoms with Crippen molar-refractivity contribution < 1.29 is 4.74 Å². The van der Waals surface area contributed by atoms with Crippen LogP contribution in [0, 0.1) is 5.92 Å². The van der Waals surface area contributed by atoms with Gasteiger partial charge in [-0.1, -0.05) is 72.3 Å². The highest BCUT2D eigenvalue weighted by Crippen LogP contribution is 2.41. The maximum absolute atomic E-state index is 5.92. The minimum atomic E-state index is 0. The van der Waals surface area contributed by atoms with Gasteiger partial charge in [0.1, 0.15) is 12.4 Å². The fraction of sp³-hybridized carbons (Fsp3) is 0.500. The summed E-state index contributed by atoms with van der Waals surface area (Å²) in [5.74, 6) is 2.61. The highest BCUT2D eigenvalue weighted by molar-refractivity contribution is 9.10. The third-order valence-corrected chi connectivity index (χ3v) is 6.57. The molecule has 2 atom stereocenters. The van der Waals surface area contributed by atoms with Gasteiger partial charge in [0.15, 0.2) is 0 Å². The quantitative estimate of drug-likeness (QED) is 0.460. The van der Waals surface area contributed by atoms with Gasteiger partial charge in [-0.25, -0.2) is 0 Å². The average Bonchev–Trinajstić information content (AvgIpc) is 3.47. The van der Waals surface area contributed by atoms with Crippen molar-refractivity contribution in [3.63, 3.8) is 0 Å². The maximum Gasteiger partial charge on any atom is 0.119 e. The molecule has 2 aliphatic rings. The van der Waals surface area contributed by atoms with Crippen molar-refractivity contribution in [3.05, 3.63) is 64.1 Å². The molecule has 28 heavy (non-hydrogen) atoms. The van der Waals surface area contributed by atoms with Gasteiger partial charge in [0, 0.05) is 16.4 Å². The topological polar surface area (TPSA) is 21.3 Å². The number of hydrogen-bond acceptors (Lipinski definition) is 2. The van der Waals surface area contributed by atoms with Crippen LogP contribution in [0.4, 0.5) is 0 Å². The van der Waals surface area contributed by atoms with Crippen molar-refractivity contribution in [1.82, 2.24) is 5.32 Å². The Hall–Kier alpha value is -1.03. The Morgan fingerprint density at radius 1 is 1.00 bits per heavy atom. The van der Waals surface area contributed by atoms with E-state index in [2.05, 4.69) is 57.6 Å². The van der Waals surface area contributed by atoms with E-state index in [1.807, 2.05) is 12.1 Å². The van der Waals surface area contributed by atoms with Gasteiger partial charge in [-0.05, 0) is 60.7 Å². The van der Waals surface area contributed by atoms with Crippen molar-refractivity contribution in [3.8, 4) is 5.75 Å². The normalized spacial score (nSPS) is 21.8. The highest BCUT2D eigenvalue weighted by Gasteiger charge is 2.37. The molecule has 0 amide bonds. The van der Waals surface area contributed by atoms with E-state index in [9.17, 15) is 0 Å². The molecule has 0 bridgehead atoms. The van der Waals surface area contributed by atoms with Crippen LogP contribution in [-0.4, -0.2) is 12.6 Å². The van der Waals surface area contributed by atoms with Crippen molar-refractivity contribution in [2.45, 2.75) is 63.5 Å². The summed E-state index contributed by atoms with van der Waals surface area (Å²) in [7, 11) is 0. The predicted octanol–water partition coefficient (Wildman–Crippen LogP) is 6.87. The summed E-state index contributed by atoms with van der Waals surface area (Å²) in [6.07, 6.45) is 9.92. The molecule has 0 aromatic heterocycles. The van der Waals surface area contributed by atoms with E-state index in [1.54, 1.807) is 0 Å². The summed E-state index contributed by atoms with van der Waals surface area (Å²) >= 11 is 3.51. The van der Waals surface area contributed by atoms with Crippen LogP contribution in [0.25, 0.3) is 0 Å². The number of benzene rings is 2. The molecule has 2 nitrogen and oxygen atoms in total. The lowest BCUT2D eigenvalue weighted by atomic mass is 9.87. The minimum Gasteiger partial charge on any atom is -0.489 e. The first-order valence-corrected chi connectivity index (χ1v) is 11.3. The monoisotopic (exact) mass is 463 g/mol. The predicted molar refractivity (Wildman–Crippen MR) is 123 cm³/mol. The standard InChI is InChI=1S/C24H30BrNO.ClH/c25-21-8-4-7-19(15-21)17-27-22-11-9-20(10-12-22)23-16-24(23)26-14-13-18-5-2-1-3-6-18;/h4,7-12,15,18,23-24,26H,1-3,5-6,13-14,16-17H2;1H/t23-,24+;/m0./s1. The zero-order valence-electron chi connectivity index (χ0n) is 16.4. The lowest BCUT2D eigenvalue weighted by Gasteiger charge is -2.21. The van der Waals surface area contributed by atoms with E-state index >= 15 is 0 Å². The van der Waals surface area contributed by atoms with Crippen LogP contribution in [0.3, 0.4) is 0 Å². The van der Waals surface area contributed by atoms with Crippen LogP contribution >= 0.6 is 28.3 Å². The van der Waals surface area contributed by atoms with Crippen LogP contribution in [0.5, 0.6) is 5.75 Å². The summed E-state index contributed by atoms with van der Waals surface area (Å²) in [6, 6.07) is 17.7. The van der Waals surface area contributed by atoms with Crippen LogP contribution < -0.4 is 10.1 Å². The number of ether oxygens (including phenoxy) is 1. The van der Waals surface area contributed by atoms with Gasteiger partial charge in [-0.3, -0.25) is 0 Å². The van der Waals surface area contributed by atoms with E-state index in [1.165, 1.54) is 62.6 Å². The van der Waals surface area contributed by atoms with Crippen LogP contribution in [0.1, 0.15) is 62.0 Å². The maximum atomic E-state index is 5.92. The third kappa shape index (κ3) is 6.23. The Bertz CT molecular complexity index is 730.